The predicted molar refractivity (Wildman–Crippen MR) is 107 cm³/mol. The van der Waals surface area contributed by atoms with Crippen LogP contribution in [0.3, 0.4) is 0 Å². The minimum Gasteiger partial charge on any atom is -0.300 e. The van der Waals surface area contributed by atoms with E-state index >= 15 is 0 Å². The molecule has 0 bridgehead atoms. The van der Waals surface area contributed by atoms with Crippen LogP contribution in [0.15, 0.2) is 41.6 Å². The summed E-state index contributed by atoms with van der Waals surface area (Å²) in [6, 6.07) is 9.19. The summed E-state index contributed by atoms with van der Waals surface area (Å²) in [6.45, 7) is 2.08. The number of nitrogens with one attached hydrogen (secondary N) is 1. The molecule has 11 heteroatoms. The van der Waals surface area contributed by atoms with Gasteiger partial charge in [0.1, 0.15) is 15.7 Å². The Balaban J connectivity index is 1.43. The van der Waals surface area contributed by atoms with E-state index in [0.717, 1.165) is 17.8 Å². The largest absolute Gasteiger partial charge is 0.300 e. The zero-order valence-corrected chi connectivity index (χ0v) is 16.6. The second-order valence-corrected chi connectivity index (χ2v) is 7.83. The first-order valence-electron chi connectivity index (χ1n) is 8.62. The first-order valence-corrected chi connectivity index (χ1v) is 10.4. The van der Waals surface area contributed by atoms with Gasteiger partial charge in [-0.2, -0.15) is 9.61 Å². The molecule has 0 fully saturated rings. The highest BCUT2D eigenvalue weighted by Crippen LogP contribution is 2.21. The maximum absolute atomic E-state index is 12.2. The number of fused-ring (bicyclic) bond motifs is 1. The maximum Gasteiger partial charge on any atom is 0.236 e. The van der Waals surface area contributed by atoms with Crippen LogP contribution in [-0.2, 0) is 11.2 Å². The Bertz CT molecular complexity index is 1090. The van der Waals surface area contributed by atoms with E-state index in [2.05, 4.69) is 42.7 Å². The van der Waals surface area contributed by atoms with Gasteiger partial charge >= 0.3 is 0 Å². The minimum atomic E-state index is -0.153. The molecule has 9 nitrogen and oxygen atoms in total. The molecule has 142 valence electrons. The molecular formula is C17H16N8OS2. The van der Waals surface area contributed by atoms with Crippen molar-refractivity contribution >= 4 is 39.8 Å². The monoisotopic (exact) mass is 412 g/mol. The van der Waals surface area contributed by atoms with Gasteiger partial charge in [0.05, 0.1) is 5.75 Å². The average Bonchev–Trinajstić information content (AvgIpc) is 3.34. The molecule has 0 aliphatic rings. The third-order valence-electron chi connectivity index (χ3n) is 3.66. The van der Waals surface area contributed by atoms with Gasteiger partial charge in [-0.15, -0.1) is 20.4 Å². The molecule has 0 saturated carbocycles. The lowest BCUT2D eigenvalue weighted by atomic mass is 10.3. The number of rotatable bonds is 7. The second-order valence-electron chi connectivity index (χ2n) is 5.77. The number of hydrogen-bond acceptors (Lipinski definition) is 9. The third kappa shape index (κ3) is 4.15. The van der Waals surface area contributed by atoms with Crippen LogP contribution in [-0.4, -0.2) is 46.7 Å². The van der Waals surface area contributed by atoms with E-state index < -0.39 is 0 Å². The number of hydrogen-bond donors (Lipinski definition) is 1. The standard InChI is InChI=1S/C17H16N8OS2/c1-2-5-14-21-23-17(28-14)19-13(26)10-27-15-8-7-12-20-22-16(25(12)24-15)11-6-3-4-9-18-11/h3-4,6-9H,2,5,10H2,1H3,(H,19,23,26). The second kappa shape index (κ2) is 8.40. The van der Waals surface area contributed by atoms with Crippen molar-refractivity contribution in [1.82, 2.24) is 35.0 Å². The Morgan fingerprint density at radius 3 is 2.93 bits per heavy atom. The van der Waals surface area contributed by atoms with Crippen LogP contribution in [0.4, 0.5) is 5.13 Å². The zero-order valence-electron chi connectivity index (χ0n) is 14.9. The Kier molecular flexibility index (Phi) is 5.53. The first-order chi connectivity index (χ1) is 13.7. The number of carbonyl (C=O) groups is 1. The summed E-state index contributed by atoms with van der Waals surface area (Å²) in [5, 5.41) is 25.8. The summed E-state index contributed by atoms with van der Waals surface area (Å²) in [4.78, 5) is 16.5. The Morgan fingerprint density at radius 2 is 2.11 bits per heavy atom. The summed E-state index contributed by atoms with van der Waals surface area (Å²) in [5.74, 6) is 0.613. The van der Waals surface area contributed by atoms with Crippen LogP contribution in [0.25, 0.3) is 17.2 Å². The highest BCUT2D eigenvalue weighted by molar-refractivity contribution is 7.99. The molecule has 0 atom stereocenters. The molecule has 4 aromatic heterocycles. The molecular weight excluding hydrogens is 396 g/mol. The van der Waals surface area contributed by atoms with E-state index in [4.69, 9.17) is 0 Å². The average molecular weight is 413 g/mol. The van der Waals surface area contributed by atoms with Crippen molar-refractivity contribution in [2.45, 2.75) is 24.8 Å². The minimum absolute atomic E-state index is 0.153. The van der Waals surface area contributed by atoms with Gasteiger partial charge in [0.15, 0.2) is 5.65 Å². The molecule has 0 aliphatic heterocycles. The van der Waals surface area contributed by atoms with Gasteiger partial charge in [-0.25, -0.2) is 0 Å². The molecule has 0 unspecified atom stereocenters. The summed E-state index contributed by atoms with van der Waals surface area (Å²) in [5.41, 5.74) is 1.30. The Hall–Kier alpha value is -2.92. The van der Waals surface area contributed by atoms with Gasteiger partial charge < -0.3 is 0 Å². The summed E-state index contributed by atoms with van der Waals surface area (Å²) in [6.07, 6.45) is 3.55. The summed E-state index contributed by atoms with van der Waals surface area (Å²) in [7, 11) is 0. The third-order valence-corrected chi connectivity index (χ3v) is 5.48. The van der Waals surface area contributed by atoms with E-state index in [1.165, 1.54) is 23.1 Å². The highest BCUT2D eigenvalue weighted by atomic mass is 32.2. The van der Waals surface area contributed by atoms with Crippen molar-refractivity contribution < 1.29 is 4.79 Å². The number of thioether (sulfide) groups is 1. The van der Waals surface area contributed by atoms with E-state index in [1.54, 1.807) is 10.7 Å². The number of amides is 1. The van der Waals surface area contributed by atoms with Gasteiger partial charge in [-0.3, -0.25) is 15.1 Å². The number of aryl methyl sites for hydroxylation is 1. The Morgan fingerprint density at radius 1 is 1.18 bits per heavy atom. The highest BCUT2D eigenvalue weighted by Gasteiger charge is 2.13. The van der Waals surface area contributed by atoms with Gasteiger partial charge in [0, 0.05) is 12.6 Å². The van der Waals surface area contributed by atoms with E-state index in [0.29, 0.717) is 27.3 Å². The summed E-state index contributed by atoms with van der Waals surface area (Å²) >= 11 is 2.73. The lowest BCUT2D eigenvalue weighted by Crippen LogP contribution is -2.14. The van der Waals surface area contributed by atoms with Crippen LogP contribution in [0.2, 0.25) is 0 Å². The first kappa shape index (κ1) is 18.4. The van der Waals surface area contributed by atoms with Crippen LogP contribution in [0.1, 0.15) is 18.4 Å². The smallest absolute Gasteiger partial charge is 0.236 e. The Labute approximate surface area is 168 Å². The zero-order chi connectivity index (χ0) is 19.3. The van der Waals surface area contributed by atoms with E-state index in [9.17, 15) is 4.79 Å². The molecule has 1 amide bonds. The van der Waals surface area contributed by atoms with Crippen LogP contribution < -0.4 is 5.32 Å². The fraction of sp³-hybridized carbons (Fsp3) is 0.235. The molecule has 4 aromatic rings. The topological polar surface area (TPSA) is 111 Å². The summed E-state index contributed by atoms with van der Waals surface area (Å²) < 4.78 is 1.63. The van der Waals surface area contributed by atoms with Crippen molar-refractivity contribution in [3.05, 3.63) is 41.5 Å². The normalized spacial score (nSPS) is 11.0. The molecule has 4 heterocycles. The van der Waals surface area contributed by atoms with Crippen LogP contribution in [0, 0.1) is 0 Å². The lowest BCUT2D eigenvalue weighted by Gasteiger charge is -2.03. The number of pyridine rings is 1. The molecule has 28 heavy (non-hydrogen) atoms. The fourth-order valence-electron chi connectivity index (χ4n) is 2.42. The van der Waals surface area contributed by atoms with Crippen molar-refractivity contribution in [3.63, 3.8) is 0 Å². The van der Waals surface area contributed by atoms with Crippen molar-refractivity contribution in [2.24, 2.45) is 0 Å². The quantitative estimate of drug-likeness (QED) is 0.461. The van der Waals surface area contributed by atoms with Crippen LogP contribution >= 0.6 is 23.1 Å². The predicted octanol–water partition coefficient (Wildman–Crippen LogP) is 2.72. The van der Waals surface area contributed by atoms with E-state index in [1.807, 2.05) is 30.3 Å². The molecule has 0 aromatic carbocycles. The molecule has 0 spiro atoms. The van der Waals surface area contributed by atoms with Crippen molar-refractivity contribution in [1.29, 1.82) is 0 Å². The van der Waals surface area contributed by atoms with E-state index in [-0.39, 0.29) is 11.7 Å². The van der Waals surface area contributed by atoms with Crippen molar-refractivity contribution in [3.8, 4) is 11.5 Å². The number of aromatic nitrogens is 7. The fourth-order valence-corrected chi connectivity index (χ4v) is 3.93. The molecule has 0 aliphatic carbocycles. The molecule has 1 N–H and O–H groups in total. The molecule has 4 rings (SSSR count). The lowest BCUT2D eigenvalue weighted by molar-refractivity contribution is -0.113. The number of anilines is 1. The van der Waals surface area contributed by atoms with Gasteiger partial charge in [-0.1, -0.05) is 36.1 Å². The van der Waals surface area contributed by atoms with Crippen LogP contribution in [0.5, 0.6) is 0 Å². The maximum atomic E-state index is 12.2. The van der Waals surface area contributed by atoms with Gasteiger partial charge in [-0.05, 0) is 30.7 Å². The molecule has 0 radical (unpaired) electrons. The molecule has 0 saturated heterocycles. The van der Waals surface area contributed by atoms with Gasteiger partial charge in [0.25, 0.3) is 0 Å². The SMILES string of the molecule is CCCc1nnc(NC(=O)CSc2ccc3nnc(-c4ccccn4)n3n2)s1. The van der Waals surface area contributed by atoms with Gasteiger partial charge in [0.2, 0.25) is 16.9 Å². The number of nitrogens with zero attached hydrogens (tertiary/aromatic N) is 7. The number of carbonyl (C=O) groups excluding carboxylic acids is 1. The van der Waals surface area contributed by atoms with Crippen molar-refractivity contribution in [2.75, 3.05) is 11.1 Å².